The zero-order valence-electron chi connectivity index (χ0n) is 10.1. The normalized spacial score (nSPS) is 12.4. The molecule has 1 N–H and O–H groups in total. The van der Waals surface area contributed by atoms with Crippen molar-refractivity contribution in [3.8, 4) is 17.2 Å². The number of aromatic hydroxyl groups is 1. The summed E-state index contributed by atoms with van der Waals surface area (Å²) in [6, 6.07) is 3.71. The lowest BCUT2D eigenvalue weighted by atomic mass is 10.0. The van der Waals surface area contributed by atoms with Gasteiger partial charge >= 0.3 is 0 Å². The Morgan fingerprint density at radius 2 is 1.94 bits per heavy atom. The van der Waals surface area contributed by atoms with Crippen LogP contribution in [0.5, 0.6) is 17.2 Å². The van der Waals surface area contributed by atoms with Crippen LogP contribution in [0.2, 0.25) is 0 Å². The van der Waals surface area contributed by atoms with Crippen molar-refractivity contribution in [3.05, 3.63) is 17.7 Å². The van der Waals surface area contributed by atoms with Gasteiger partial charge < -0.3 is 9.84 Å². The lowest BCUT2D eigenvalue weighted by molar-refractivity contribution is 0.463. The summed E-state index contributed by atoms with van der Waals surface area (Å²) in [7, 11) is 0. The molecule has 0 fully saturated rings. The van der Waals surface area contributed by atoms with Crippen molar-refractivity contribution in [1.29, 1.82) is 0 Å². The highest BCUT2D eigenvalue weighted by Crippen LogP contribution is 2.54. The van der Waals surface area contributed by atoms with Crippen molar-refractivity contribution in [2.24, 2.45) is 5.92 Å². The zero-order valence-corrected chi connectivity index (χ0v) is 10.1. The fourth-order valence-electron chi connectivity index (χ4n) is 2.03. The summed E-state index contributed by atoms with van der Waals surface area (Å²) < 4.78 is 5.24. The van der Waals surface area contributed by atoms with Gasteiger partial charge in [-0.05, 0) is 30.4 Å². The first-order valence-corrected chi connectivity index (χ1v) is 6.21. The molecule has 16 heavy (non-hydrogen) atoms. The number of unbranched alkanes of at least 4 members (excludes halogenated alkanes) is 2. The predicted molar refractivity (Wildman–Crippen MR) is 65.2 cm³/mol. The summed E-state index contributed by atoms with van der Waals surface area (Å²) in [5, 5.41) is 9.34. The first-order valence-electron chi connectivity index (χ1n) is 6.21. The third kappa shape index (κ3) is 2.69. The van der Waals surface area contributed by atoms with Gasteiger partial charge in [-0.3, -0.25) is 0 Å². The molecule has 1 aromatic carbocycles. The summed E-state index contributed by atoms with van der Waals surface area (Å²) in [6.45, 7) is 4.54. The van der Waals surface area contributed by atoms with Crippen LogP contribution >= 0.6 is 0 Å². The van der Waals surface area contributed by atoms with E-state index >= 15 is 0 Å². The van der Waals surface area contributed by atoms with Gasteiger partial charge in [0.25, 0.3) is 0 Å². The fraction of sp³-hybridized carbons (Fsp3) is 0.571. The van der Waals surface area contributed by atoms with Gasteiger partial charge in [-0.25, -0.2) is 0 Å². The van der Waals surface area contributed by atoms with E-state index in [4.69, 9.17) is 4.74 Å². The molecule has 0 atom stereocenters. The van der Waals surface area contributed by atoms with Crippen molar-refractivity contribution in [2.45, 2.75) is 46.0 Å². The number of rotatable bonds is 6. The minimum absolute atomic E-state index is 0.276. The Morgan fingerprint density at radius 3 is 2.69 bits per heavy atom. The SMILES string of the molecule is CC(C)CCCCCc1ccc(O)c2c1O2. The van der Waals surface area contributed by atoms with Crippen LogP contribution in [0.3, 0.4) is 0 Å². The Balaban J connectivity index is 1.71. The Bertz CT molecular complexity index is 369. The van der Waals surface area contributed by atoms with E-state index in [2.05, 4.69) is 13.8 Å². The molecule has 0 bridgehead atoms. The maximum atomic E-state index is 9.34. The van der Waals surface area contributed by atoms with E-state index < -0.39 is 0 Å². The van der Waals surface area contributed by atoms with Crippen molar-refractivity contribution in [3.63, 3.8) is 0 Å². The third-order valence-corrected chi connectivity index (χ3v) is 3.06. The first kappa shape index (κ1) is 11.3. The quantitative estimate of drug-likeness (QED) is 0.583. The minimum Gasteiger partial charge on any atom is -0.504 e. The zero-order chi connectivity index (χ0) is 11.5. The topological polar surface area (TPSA) is 32.8 Å². The highest BCUT2D eigenvalue weighted by Gasteiger charge is 2.28. The van der Waals surface area contributed by atoms with E-state index in [-0.39, 0.29) is 5.75 Å². The molecule has 0 spiro atoms. The molecule has 0 amide bonds. The van der Waals surface area contributed by atoms with Crippen molar-refractivity contribution in [1.82, 2.24) is 0 Å². The molecule has 0 saturated heterocycles. The summed E-state index contributed by atoms with van der Waals surface area (Å²) in [5.41, 5.74) is 1.25. The molecule has 1 aliphatic rings. The van der Waals surface area contributed by atoms with Crippen LogP contribution in [0.1, 0.15) is 45.1 Å². The second kappa shape index (κ2) is 4.77. The van der Waals surface area contributed by atoms with Gasteiger partial charge in [0.2, 0.25) is 5.75 Å². The minimum atomic E-state index is 0.276. The lowest BCUT2D eigenvalue weighted by Crippen LogP contribution is -1.88. The smallest absolute Gasteiger partial charge is 0.211 e. The molecule has 0 radical (unpaired) electrons. The van der Waals surface area contributed by atoms with Crippen LogP contribution in [0.25, 0.3) is 0 Å². The van der Waals surface area contributed by atoms with E-state index in [1.54, 1.807) is 6.07 Å². The van der Waals surface area contributed by atoms with Crippen LogP contribution in [0, 0.1) is 5.92 Å². The van der Waals surface area contributed by atoms with E-state index in [1.165, 1.54) is 31.2 Å². The Morgan fingerprint density at radius 1 is 1.12 bits per heavy atom. The average Bonchev–Trinajstić information content (AvgIpc) is 3.01. The summed E-state index contributed by atoms with van der Waals surface area (Å²) >= 11 is 0. The van der Waals surface area contributed by atoms with Gasteiger partial charge in [0.05, 0.1) is 0 Å². The van der Waals surface area contributed by atoms with Gasteiger partial charge in [0.15, 0.2) is 11.5 Å². The number of ether oxygens (including phenoxy) is 1. The van der Waals surface area contributed by atoms with E-state index in [9.17, 15) is 5.11 Å². The van der Waals surface area contributed by atoms with Gasteiger partial charge in [0, 0.05) is 0 Å². The Labute approximate surface area is 97.3 Å². The highest BCUT2D eigenvalue weighted by atomic mass is 16.6. The number of fused-ring (bicyclic) bond motifs is 1. The van der Waals surface area contributed by atoms with Gasteiger partial charge in [0.1, 0.15) is 0 Å². The maximum absolute atomic E-state index is 9.34. The molecule has 0 saturated carbocycles. The van der Waals surface area contributed by atoms with Crippen molar-refractivity contribution >= 4 is 0 Å². The molecule has 0 aromatic heterocycles. The Hall–Kier alpha value is -1.18. The van der Waals surface area contributed by atoms with E-state index in [1.807, 2.05) is 6.07 Å². The average molecular weight is 220 g/mol. The number of hydrogen-bond donors (Lipinski definition) is 1. The predicted octanol–water partition coefficient (Wildman–Crippen LogP) is 4.26. The number of benzene rings is 1. The van der Waals surface area contributed by atoms with Crippen LogP contribution in [0.4, 0.5) is 0 Å². The monoisotopic (exact) mass is 220 g/mol. The van der Waals surface area contributed by atoms with Gasteiger partial charge in [-0.15, -0.1) is 0 Å². The molecule has 1 aliphatic heterocycles. The van der Waals surface area contributed by atoms with Crippen molar-refractivity contribution < 1.29 is 9.84 Å². The number of aryl methyl sites for hydroxylation is 1. The van der Waals surface area contributed by atoms with Crippen LogP contribution < -0.4 is 4.74 Å². The maximum Gasteiger partial charge on any atom is 0.211 e. The molecule has 0 unspecified atom stereocenters. The van der Waals surface area contributed by atoms with Crippen molar-refractivity contribution in [2.75, 3.05) is 0 Å². The van der Waals surface area contributed by atoms with Gasteiger partial charge in [-0.1, -0.05) is 39.2 Å². The largest absolute Gasteiger partial charge is 0.504 e. The summed E-state index contributed by atoms with van der Waals surface area (Å²) in [4.78, 5) is 0. The summed E-state index contributed by atoms with van der Waals surface area (Å²) in [6.07, 6.45) is 6.21. The molecule has 0 aliphatic carbocycles. The molecule has 2 nitrogen and oxygen atoms in total. The highest BCUT2D eigenvalue weighted by molar-refractivity contribution is 5.66. The first-order chi connectivity index (χ1) is 7.68. The molecule has 88 valence electrons. The number of phenolic OH excluding ortho intramolecular Hbond substituents is 1. The van der Waals surface area contributed by atoms with Gasteiger partial charge in [-0.2, -0.15) is 0 Å². The van der Waals surface area contributed by atoms with E-state index in [0.717, 1.165) is 18.1 Å². The molecule has 1 aromatic rings. The fourth-order valence-corrected chi connectivity index (χ4v) is 2.03. The molecular formula is C14H20O2. The molecule has 2 heteroatoms. The molecule has 2 rings (SSSR count). The lowest BCUT2D eigenvalue weighted by Gasteiger charge is -2.03. The summed E-state index contributed by atoms with van der Waals surface area (Å²) in [5.74, 6) is 2.71. The van der Waals surface area contributed by atoms with Crippen LogP contribution in [-0.2, 0) is 6.42 Å². The second-order valence-electron chi connectivity index (χ2n) is 5.00. The van der Waals surface area contributed by atoms with Crippen LogP contribution in [0.15, 0.2) is 12.1 Å². The number of hydrogen-bond acceptors (Lipinski definition) is 2. The van der Waals surface area contributed by atoms with Crippen LogP contribution in [-0.4, -0.2) is 5.11 Å². The van der Waals surface area contributed by atoms with E-state index in [0.29, 0.717) is 5.75 Å². The third-order valence-electron chi connectivity index (χ3n) is 3.06. The molecular weight excluding hydrogens is 200 g/mol. The Kier molecular flexibility index (Phi) is 3.37. The molecule has 1 heterocycles. The standard InChI is InChI=1S/C14H20O2/c1-10(2)6-4-3-5-7-11-8-9-12(15)14-13(11)16-14/h8-10,15H,3-7H2,1-2H3. The number of phenols is 1. The second-order valence-corrected chi connectivity index (χ2v) is 5.00.